The quantitative estimate of drug-likeness (QED) is 0.819. The van der Waals surface area contributed by atoms with Gasteiger partial charge in [-0.3, -0.25) is 4.79 Å². The number of aliphatic hydroxyl groups is 1. The second kappa shape index (κ2) is 5.63. The Labute approximate surface area is 105 Å². The van der Waals surface area contributed by atoms with Crippen LogP contribution >= 0.6 is 0 Å². The van der Waals surface area contributed by atoms with Crippen molar-refractivity contribution in [3.63, 3.8) is 0 Å². The molecule has 1 aliphatic heterocycles. The van der Waals surface area contributed by atoms with Gasteiger partial charge in [-0.2, -0.15) is 5.26 Å². The highest BCUT2D eigenvalue weighted by Gasteiger charge is 2.27. The van der Waals surface area contributed by atoms with Gasteiger partial charge in [-0.1, -0.05) is 0 Å². The molecule has 5 heteroatoms. The highest BCUT2D eigenvalue weighted by atomic mass is 16.5. The van der Waals surface area contributed by atoms with E-state index < -0.39 is 0 Å². The van der Waals surface area contributed by atoms with Crippen LogP contribution in [0.15, 0.2) is 24.3 Å². The van der Waals surface area contributed by atoms with Gasteiger partial charge in [-0.05, 0) is 24.3 Å². The molecule has 5 nitrogen and oxygen atoms in total. The Balaban J connectivity index is 2.16. The molecule has 1 atom stereocenters. The molecule has 2 rings (SSSR count). The Morgan fingerprint density at radius 3 is 2.83 bits per heavy atom. The number of benzene rings is 1. The lowest BCUT2D eigenvalue weighted by molar-refractivity contribution is -0.0183. The first-order valence-electron chi connectivity index (χ1n) is 5.76. The molecule has 0 unspecified atom stereocenters. The van der Waals surface area contributed by atoms with E-state index >= 15 is 0 Å². The van der Waals surface area contributed by atoms with Gasteiger partial charge in [0.1, 0.15) is 0 Å². The van der Waals surface area contributed by atoms with Gasteiger partial charge in [0.2, 0.25) is 0 Å². The monoisotopic (exact) mass is 246 g/mol. The maximum Gasteiger partial charge on any atom is 0.254 e. The van der Waals surface area contributed by atoms with Gasteiger partial charge < -0.3 is 14.7 Å². The smallest absolute Gasteiger partial charge is 0.254 e. The fourth-order valence-corrected chi connectivity index (χ4v) is 1.93. The van der Waals surface area contributed by atoms with Crippen molar-refractivity contribution in [2.45, 2.75) is 6.04 Å². The van der Waals surface area contributed by atoms with Crippen LogP contribution in [-0.2, 0) is 4.74 Å². The number of hydrogen-bond donors (Lipinski definition) is 1. The minimum Gasteiger partial charge on any atom is -0.394 e. The van der Waals surface area contributed by atoms with Gasteiger partial charge in [0.25, 0.3) is 5.91 Å². The normalized spacial score (nSPS) is 19.3. The van der Waals surface area contributed by atoms with E-state index in [2.05, 4.69) is 0 Å². The lowest BCUT2D eigenvalue weighted by Crippen LogP contribution is -2.50. The van der Waals surface area contributed by atoms with Crippen molar-refractivity contribution in [2.24, 2.45) is 0 Å². The van der Waals surface area contributed by atoms with E-state index in [0.29, 0.717) is 30.9 Å². The molecular weight excluding hydrogens is 232 g/mol. The van der Waals surface area contributed by atoms with Crippen LogP contribution in [0.2, 0.25) is 0 Å². The molecule has 1 N–H and O–H groups in total. The zero-order valence-electron chi connectivity index (χ0n) is 9.87. The summed E-state index contributed by atoms with van der Waals surface area (Å²) in [4.78, 5) is 13.9. The van der Waals surface area contributed by atoms with Gasteiger partial charge in [-0.15, -0.1) is 0 Å². The summed E-state index contributed by atoms with van der Waals surface area (Å²) >= 11 is 0. The maximum absolute atomic E-state index is 12.2. The summed E-state index contributed by atoms with van der Waals surface area (Å²) in [6.45, 7) is 1.21. The van der Waals surface area contributed by atoms with E-state index in [4.69, 9.17) is 10.00 Å². The Hall–Kier alpha value is -1.90. The van der Waals surface area contributed by atoms with E-state index in [1.165, 1.54) is 0 Å². The minimum absolute atomic E-state index is 0.109. The summed E-state index contributed by atoms with van der Waals surface area (Å²) in [6, 6.07) is 8.20. The largest absolute Gasteiger partial charge is 0.394 e. The van der Waals surface area contributed by atoms with E-state index in [9.17, 15) is 9.90 Å². The SMILES string of the molecule is N#Cc1ccc(C(=O)N2CCOC[C@H]2CO)cc1. The van der Waals surface area contributed by atoms with Crippen LogP contribution in [0, 0.1) is 11.3 Å². The molecule has 18 heavy (non-hydrogen) atoms. The third kappa shape index (κ3) is 2.50. The molecule has 1 heterocycles. The van der Waals surface area contributed by atoms with Crippen molar-refractivity contribution in [3.8, 4) is 6.07 Å². The Bertz CT molecular complexity index is 464. The topological polar surface area (TPSA) is 73.6 Å². The Morgan fingerprint density at radius 1 is 1.50 bits per heavy atom. The van der Waals surface area contributed by atoms with Crippen molar-refractivity contribution < 1.29 is 14.6 Å². The van der Waals surface area contributed by atoms with Crippen molar-refractivity contribution in [3.05, 3.63) is 35.4 Å². The van der Waals surface area contributed by atoms with Gasteiger partial charge in [0.05, 0.1) is 37.5 Å². The molecule has 1 aromatic carbocycles. The molecule has 1 aromatic rings. The second-order valence-corrected chi connectivity index (χ2v) is 4.10. The standard InChI is InChI=1S/C13H14N2O3/c14-7-10-1-3-11(4-2-10)13(17)15-5-6-18-9-12(15)8-16/h1-4,12,16H,5-6,8-9H2/t12-/m1/s1. The zero-order chi connectivity index (χ0) is 13.0. The number of amides is 1. The van der Waals surface area contributed by atoms with Crippen molar-refractivity contribution in [1.29, 1.82) is 5.26 Å². The minimum atomic E-state index is -0.290. The third-order valence-corrected chi connectivity index (χ3v) is 2.96. The number of morpholine rings is 1. The average Bonchev–Trinajstić information content (AvgIpc) is 2.46. The van der Waals surface area contributed by atoms with Gasteiger partial charge >= 0.3 is 0 Å². The lowest BCUT2D eigenvalue weighted by atomic mass is 10.1. The summed E-state index contributed by atoms with van der Waals surface area (Å²) in [7, 11) is 0. The number of hydrogen-bond acceptors (Lipinski definition) is 4. The molecule has 0 spiro atoms. The molecule has 94 valence electrons. The summed E-state index contributed by atoms with van der Waals surface area (Å²) in [5, 5.41) is 17.9. The fourth-order valence-electron chi connectivity index (χ4n) is 1.93. The van der Waals surface area contributed by atoms with Crippen molar-refractivity contribution in [1.82, 2.24) is 4.90 Å². The van der Waals surface area contributed by atoms with Gasteiger partial charge in [0.15, 0.2) is 0 Å². The first kappa shape index (κ1) is 12.6. The number of carbonyl (C=O) groups is 1. The summed E-state index contributed by atoms with van der Waals surface area (Å²) in [6.07, 6.45) is 0. The van der Waals surface area contributed by atoms with E-state index in [0.717, 1.165) is 0 Å². The van der Waals surface area contributed by atoms with Crippen molar-refractivity contribution >= 4 is 5.91 Å². The molecule has 0 aromatic heterocycles. The first-order valence-corrected chi connectivity index (χ1v) is 5.76. The molecule has 1 saturated heterocycles. The number of aliphatic hydroxyl groups excluding tert-OH is 1. The van der Waals surface area contributed by atoms with Gasteiger partial charge in [0, 0.05) is 12.1 Å². The van der Waals surface area contributed by atoms with Crippen LogP contribution in [0.3, 0.4) is 0 Å². The van der Waals surface area contributed by atoms with E-state index in [1.54, 1.807) is 29.2 Å². The van der Waals surface area contributed by atoms with E-state index in [1.807, 2.05) is 6.07 Å². The number of rotatable bonds is 2. The predicted octanol–water partition coefficient (Wildman–Crippen LogP) is 0.392. The van der Waals surface area contributed by atoms with Crippen LogP contribution in [0.25, 0.3) is 0 Å². The fraction of sp³-hybridized carbons (Fsp3) is 0.385. The Morgan fingerprint density at radius 2 is 2.22 bits per heavy atom. The van der Waals surface area contributed by atoms with Crippen LogP contribution < -0.4 is 0 Å². The molecular formula is C13H14N2O3. The molecule has 0 bridgehead atoms. The number of ether oxygens (including phenoxy) is 1. The molecule has 1 aliphatic rings. The summed E-state index contributed by atoms with van der Waals surface area (Å²) in [5.41, 5.74) is 1.04. The van der Waals surface area contributed by atoms with Crippen molar-refractivity contribution in [2.75, 3.05) is 26.4 Å². The van der Waals surface area contributed by atoms with Gasteiger partial charge in [-0.25, -0.2) is 0 Å². The highest BCUT2D eigenvalue weighted by Crippen LogP contribution is 2.13. The summed E-state index contributed by atoms with van der Waals surface area (Å²) in [5.74, 6) is -0.137. The van der Waals surface area contributed by atoms with Crippen LogP contribution in [0.4, 0.5) is 0 Å². The number of carbonyl (C=O) groups excluding carboxylic acids is 1. The number of nitrogens with zero attached hydrogens (tertiary/aromatic N) is 2. The van der Waals surface area contributed by atoms with Crippen LogP contribution in [0.1, 0.15) is 15.9 Å². The second-order valence-electron chi connectivity index (χ2n) is 4.10. The molecule has 0 saturated carbocycles. The molecule has 0 aliphatic carbocycles. The van der Waals surface area contributed by atoms with Crippen LogP contribution in [0.5, 0.6) is 0 Å². The molecule has 1 fully saturated rings. The third-order valence-electron chi connectivity index (χ3n) is 2.96. The Kier molecular flexibility index (Phi) is 3.92. The maximum atomic E-state index is 12.2. The van der Waals surface area contributed by atoms with E-state index in [-0.39, 0.29) is 18.6 Å². The van der Waals surface area contributed by atoms with Crippen LogP contribution in [-0.4, -0.2) is 48.3 Å². The number of nitriles is 1. The predicted molar refractivity (Wildman–Crippen MR) is 63.9 cm³/mol. The average molecular weight is 246 g/mol. The summed E-state index contributed by atoms with van der Waals surface area (Å²) < 4.78 is 5.23. The molecule has 0 radical (unpaired) electrons. The highest BCUT2D eigenvalue weighted by molar-refractivity contribution is 5.94. The lowest BCUT2D eigenvalue weighted by Gasteiger charge is -2.34. The zero-order valence-corrected chi connectivity index (χ0v) is 9.87. The molecule has 1 amide bonds. The first-order chi connectivity index (χ1) is 8.76.